The summed E-state index contributed by atoms with van der Waals surface area (Å²) in [6, 6.07) is 29.5. The number of hydrogen-bond acceptors (Lipinski definition) is 3. The summed E-state index contributed by atoms with van der Waals surface area (Å²) in [5.41, 5.74) is 4.49. The van der Waals surface area contributed by atoms with Crippen molar-refractivity contribution in [2.24, 2.45) is 0 Å². The van der Waals surface area contributed by atoms with Crippen LogP contribution in [0.25, 0.3) is 0 Å². The second-order valence-corrected chi connectivity index (χ2v) is 8.85. The van der Waals surface area contributed by atoms with E-state index >= 15 is 0 Å². The lowest BCUT2D eigenvalue weighted by Gasteiger charge is -2.39. The Labute approximate surface area is 201 Å². The minimum absolute atomic E-state index is 0.112. The van der Waals surface area contributed by atoms with E-state index in [1.54, 1.807) is 0 Å². The third-order valence-electron chi connectivity index (χ3n) is 6.67. The number of piperazine rings is 1. The maximum atomic E-state index is 13.2. The molecule has 34 heavy (non-hydrogen) atoms. The Morgan fingerprint density at radius 3 is 1.94 bits per heavy atom. The first-order chi connectivity index (χ1) is 16.7. The van der Waals surface area contributed by atoms with Crippen LogP contribution >= 0.6 is 0 Å². The summed E-state index contributed by atoms with van der Waals surface area (Å²) in [4.78, 5) is 21.9. The van der Waals surface area contributed by atoms with E-state index in [1.165, 1.54) is 11.1 Å². The van der Waals surface area contributed by atoms with Gasteiger partial charge in [0.25, 0.3) is 5.91 Å². The molecular formula is C29H30N4O. The number of aromatic nitrogens is 2. The minimum Gasteiger partial charge on any atom is -0.336 e. The smallest absolute Gasteiger partial charge is 0.253 e. The maximum Gasteiger partial charge on any atom is 0.253 e. The molecule has 4 aromatic rings. The third kappa shape index (κ3) is 4.80. The van der Waals surface area contributed by atoms with E-state index in [4.69, 9.17) is 0 Å². The Bertz CT molecular complexity index is 1170. The molecule has 1 aliphatic heterocycles. The molecule has 1 aromatic heterocycles. The van der Waals surface area contributed by atoms with Crippen LogP contribution in [0.1, 0.15) is 38.9 Å². The fraction of sp³-hybridized carbons (Fsp3) is 0.241. The molecule has 0 saturated carbocycles. The molecular weight excluding hydrogens is 420 g/mol. The number of rotatable bonds is 6. The fourth-order valence-corrected chi connectivity index (χ4v) is 4.77. The summed E-state index contributed by atoms with van der Waals surface area (Å²) in [6.07, 6.45) is 3.79. The minimum atomic E-state index is 0.112. The molecule has 1 amide bonds. The number of nitrogens with zero attached hydrogens (tertiary/aromatic N) is 4. The lowest BCUT2D eigenvalue weighted by Crippen LogP contribution is -2.49. The molecule has 5 heteroatoms. The summed E-state index contributed by atoms with van der Waals surface area (Å²) in [7, 11) is 0. The number of imidazole rings is 1. The number of amides is 1. The van der Waals surface area contributed by atoms with Crippen LogP contribution in [-0.2, 0) is 6.54 Å². The predicted octanol–water partition coefficient (Wildman–Crippen LogP) is 4.79. The quantitative estimate of drug-likeness (QED) is 0.424. The van der Waals surface area contributed by atoms with Gasteiger partial charge in [-0.05, 0) is 35.7 Å². The average molecular weight is 451 g/mol. The van der Waals surface area contributed by atoms with Crippen molar-refractivity contribution < 1.29 is 4.79 Å². The van der Waals surface area contributed by atoms with Crippen molar-refractivity contribution in [2.75, 3.05) is 26.2 Å². The normalized spacial score (nSPS) is 14.5. The largest absolute Gasteiger partial charge is 0.336 e. The van der Waals surface area contributed by atoms with Crippen molar-refractivity contribution in [3.8, 4) is 0 Å². The monoisotopic (exact) mass is 450 g/mol. The van der Waals surface area contributed by atoms with Crippen molar-refractivity contribution in [1.29, 1.82) is 0 Å². The summed E-state index contributed by atoms with van der Waals surface area (Å²) in [6.45, 7) is 5.91. The second kappa shape index (κ2) is 10.1. The number of hydrogen-bond donors (Lipinski definition) is 0. The Balaban J connectivity index is 1.25. The average Bonchev–Trinajstić information content (AvgIpc) is 3.30. The maximum absolute atomic E-state index is 13.2. The van der Waals surface area contributed by atoms with Crippen molar-refractivity contribution >= 4 is 5.91 Å². The molecule has 1 fully saturated rings. The molecule has 0 bridgehead atoms. The first-order valence-electron chi connectivity index (χ1n) is 11.9. The highest BCUT2D eigenvalue weighted by molar-refractivity contribution is 5.94. The van der Waals surface area contributed by atoms with Gasteiger partial charge in [0.2, 0.25) is 0 Å². The van der Waals surface area contributed by atoms with Crippen LogP contribution in [0.3, 0.4) is 0 Å². The standard InChI is InChI=1S/C29H30N4O/c1-23-30-16-17-33(23)22-24-12-14-27(15-13-24)29(34)32-20-18-31(19-21-32)28(25-8-4-2-5-9-25)26-10-6-3-7-11-26/h2-17,28H,18-22H2,1H3. The van der Waals surface area contributed by atoms with Crippen LogP contribution < -0.4 is 0 Å². The first kappa shape index (κ1) is 22.1. The van der Waals surface area contributed by atoms with E-state index in [2.05, 4.69) is 75.1 Å². The van der Waals surface area contributed by atoms with E-state index in [0.29, 0.717) is 0 Å². The molecule has 2 heterocycles. The number of aryl methyl sites for hydroxylation is 1. The van der Waals surface area contributed by atoms with Gasteiger partial charge < -0.3 is 9.47 Å². The van der Waals surface area contributed by atoms with Crippen molar-refractivity contribution in [2.45, 2.75) is 19.5 Å². The number of carbonyl (C=O) groups excluding carboxylic acids is 1. The van der Waals surface area contributed by atoms with Gasteiger partial charge in [-0.3, -0.25) is 9.69 Å². The summed E-state index contributed by atoms with van der Waals surface area (Å²) in [5, 5.41) is 0. The fourth-order valence-electron chi connectivity index (χ4n) is 4.77. The van der Waals surface area contributed by atoms with Gasteiger partial charge in [0.05, 0.1) is 6.04 Å². The molecule has 0 atom stereocenters. The molecule has 1 aliphatic rings. The van der Waals surface area contributed by atoms with Crippen molar-refractivity contribution in [3.05, 3.63) is 125 Å². The molecule has 172 valence electrons. The number of carbonyl (C=O) groups is 1. The van der Waals surface area contributed by atoms with Crippen molar-refractivity contribution in [3.63, 3.8) is 0 Å². The Morgan fingerprint density at radius 2 is 1.41 bits per heavy atom. The zero-order valence-corrected chi connectivity index (χ0v) is 19.5. The zero-order valence-electron chi connectivity index (χ0n) is 19.5. The van der Waals surface area contributed by atoms with Crippen LogP contribution in [-0.4, -0.2) is 51.4 Å². The van der Waals surface area contributed by atoms with Gasteiger partial charge in [-0.15, -0.1) is 0 Å². The van der Waals surface area contributed by atoms with Gasteiger partial charge in [0, 0.05) is 50.7 Å². The first-order valence-corrected chi connectivity index (χ1v) is 11.9. The van der Waals surface area contributed by atoms with Crippen LogP contribution in [0.4, 0.5) is 0 Å². The van der Waals surface area contributed by atoms with Gasteiger partial charge in [-0.1, -0.05) is 72.8 Å². The molecule has 0 spiro atoms. The SMILES string of the molecule is Cc1nccn1Cc1ccc(C(=O)N2CCN(C(c3ccccc3)c3ccccc3)CC2)cc1. The van der Waals surface area contributed by atoms with Crippen LogP contribution in [0.15, 0.2) is 97.3 Å². The second-order valence-electron chi connectivity index (χ2n) is 8.85. The summed E-state index contributed by atoms with van der Waals surface area (Å²) >= 11 is 0. The molecule has 5 rings (SSSR count). The third-order valence-corrected chi connectivity index (χ3v) is 6.67. The van der Waals surface area contributed by atoms with E-state index in [0.717, 1.165) is 49.7 Å². The predicted molar refractivity (Wildman–Crippen MR) is 135 cm³/mol. The van der Waals surface area contributed by atoms with Gasteiger partial charge in [-0.25, -0.2) is 4.98 Å². The molecule has 1 saturated heterocycles. The Hall–Kier alpha value is -3.70. The van der Waals surface area contributed by atoms with E-state index in [1.807, 2.05) is 48.5 Å². The highest BCUT2D eigenvalue weighted by Crippen LogP contribution is 2.29. The van der Waals surface area contributed by atoms with Crippen LogP contribution in [0, 0.1) is 6.92 Å². The Kier molecular flexibility index (Phi) is 6.54. The molecule has 5 nitrogen and oxygen atoms in total. The lowest BCUT2D eigenvalue weighted by molar-refractivity contribution is 0.0597. The molecule has 0 aliphatic carbocycles. The summed E-state index contributed by atoms with van der Waals surface area (Å²) < 4.78 is 2.10. The number of benzene rings is 3. The molecule has 3 aromatic carbocycles. The Morgan fingerprint density at radius 1 is 0.824 bits per heavy atom. The van der Waals surface area contributed by atoms with Crippen LogP contribution in [0.2, 0.25) is 0 Å². The van der Waals surface area contributed by atoms with Gasteiger partial charge in [0.1, 0.15) is 5.82 Å². The van der Waals surface area contributed by atoms with E-state index in [-0.39, 0.29) is 11.9 Å². The lowest BCUT2D eigenvalue weighted by atomic mass is 9.96. The van der Waals surface area contributed by atoms with Crippen LogP contribution in [0.5, 0.6) is 0 Å². The zero-order chi connectivity index (χ0) is 23.3. The highest BCUT2D eigenvalue weighted by atomic mass is 16.2. The van der Waals surface area contributed by atoms with Gasteiger partial charge in [-0.2, -0.15) is 0 Å². The highest BCUT2D eigenvalue weighted by Gasteiger charge is 2.28. The van der Waals surface area contributed by atoms with E-state index < -0.39 is 0 Å². The molecule has 0 unspecified atom stereocenters. The van der Waals surface area contributed by atoms with E-state index in [9.17, 15) is 4.79 Å². The topological polar surface area (TPSA) is 41.4 Å². The van der Waals surface area contributed by atoms with Crippen molar-refractivity contribution in [1.82, 2.24) is 19.4 Å². The molecule has 0 radical (unpaired) electrons. The molecule has 0 N–H and O–H groups in total. The summed E-state index contributed by atoms with van der Waals surface area (Å²) in [5.74, 6) is 1.10. The van der Waals surface area contributed by atoms with Gasteiger partial charge in [0.15, 0.2) is 0 Å². The van der Waals surface area contributed by atoms with Gasteiger partial charge >= 0.3 is 0 Å².